The van der Waals surface area contributed by atoms with Crippen molar-refractivity contribution in [2.24, 2.45) is 0 Å². The van der Waals surface area contributed by atoms with Crippen molar-refractivity contribution < 1.29 is 8.83 Å². The molecule has 5 heteroatoms. The Morgan fingerprint density at radius 1 is 0.341 bits per heavy atom. The molecular formula is C39H23N3O2. The Balaban J connectivity index is 1.23. The molecule has 0 saturated carbocycles. The first kappa shape index (κ1) is 24.5. The highest BCUT2D eigenvalue weighted by atomic mass is 16.3. The molecule has 9 aromatic rings. The number of para-hydroxylation sites is 1. The number of benzene rings is 6. The van der Waals surface area contributed by atoms with E-state index in [1.54, 1.807) is 0 Å². The fourth-order valence-electron chi connectivity index (χ4n) is 6.03. The SMILES string of the molecule is c1ccc(-c2ccc3oc4cc(-c5nc(-c6ccccc6)nc(-c6cccc7oc8ccccc8c67)n5)ccc4c3c2)cc1. The van der Waals surface area contributed by atoms with Gasteiger partial charge >= 0.3 is 0 Å². The van der Waals surface area contributed by atoms with E-state index in [-0.39, 0.29) is 0 Å². The summed E-state index contributed by atoms with van der Waals surface area (Å²) in [5, 5.41) is 4.14. The van der Waals surface area contributed by atoms with E-state index in [1.807, 2.05) is 84.9 Å². The van der Waals surface area contributed by atoms with E-state index in [2.05, 4.69) is 54.6 Å². The van der Waals surface area contributed by atoms with Crippen molar-refractivity contribution >= 4 is 43.9 Å². The molecule has 0 amide bonds. The van der Waals surface area contributed by atoms with Crippen molar-refractivity contribution in [3.63, 3.8) is 0 Å². The van der Waals surface area contributed by atoms with Gasteiger partial charge in [-0.15, -0.1) is 0 Å². The van der Waals surface area contributed by atoms with Gasteiger partial charge in [0, 0.05) is 38.2 Å². The Labute approximate surface area is 252 Å². The van der Waals surface area contributed by atoms with E-state index in [4.69, 9.17) is 23.8 Å². The molecule has 206 valence electrons. The Kier molecular flexibility index (Phi) is 5.43. The molecule has 0 spiro atoms. The first-order valence-corrected chi connectivity index (χ1v) is 14.5. The number of aromatic nitrogens is 3. The largest absolute Gasteiger partial charge is 0.456 e. The highest BCUT2D eigenvalue weighted by molar-refractivity contribution is 6.12. The van der Waals surface area contributed by atoms with E-state index in [1.165, 1.54) is 5.56 Å². The highest BCUT2D eigenvalue weighted by Gasteiger charge is 2.18. The molecule has 0 aliphatic carbocycles. The average molecular weight is 566 g/mol. The van der Waals surface area contributed by atoms with Crippen LogP contribution in [0.1, 0.15) is 0 Å². The Morgan fingerprint density at radius 3 is 1.82 bits per heavy atom. The van der Waals surface area contributed by atoms with Gasteiger partial charge in [0.2, 0.25) is 0 Å². The second kappa shape index (κ2) is 9.75. The van der Waals surface area contributed by atoms with Gasteiger partial charge in [-0.05, 0) is 47.5 Å². The zero-order valence-corrected chi connectivity index (χ0v) is 23.4. The van der Waals surface area contributed by atoms with Crippen LogP contribution in [-0.2, 0) is 0 Å². The Hall–Kier alpha value is -6.07. The second-order valence-corrected chi connectivity index (χ2v) is 10.8. The van der Waals surface area contributed by atoms with Crippen LogP contribution >= 0.6 is 0 Å². The summed E-state index contributed by atoms with van der Waals surface area (Å²) in [6.07, 6.45) is 0. The van der Waals surface area contributed by atoms with Crippen LogP contribution in [0.3, 0.4) is 0 Å². The highest BCUT2D eigenvalue weighted by Crippen LogP contribution is 2.38. The molecule has 0 aliphatic heterocycles. The van der Waals surface area contributed by atoms with Crippen LogP contribution in [0.15, 0.2) is 148 Å². The average Bonchev–Trinajstić information content (AvgIpc) is 3.66. The van der Waals surface area contributed by atoms with Gasteiger partial charge in [-0.2, -0.15) is 0 Å². The summed E-state index contributed by atoms with van der Waals surface area (Å²) >= 11 is 0. The van der Waals surface area contributed by atoms with Crippen LogP contribution in [-0.4, -0.2) is 15.0 Å². The molecule has 0 bridgehead atoms. The van der Waals surface area contributed by atoms with Crippen LogP contribution < -0.4 is 0 Å². The van der Waals surface area contributed by atoms with E-state index in [0.29, 0.717) is 17.5 Å². The fraction of sp³-hybridized carbons (Fsp3) is 0. The predicted octanol–water partition coefficient (Wildman–Crippen LogP) is 10.3. The molecule has 44 heavy (non-hydrogen) atoms. The number of hydrogen-bond acceptors (Lipinski definition) is 5. The molecule has 3 aromatic heterocycles. The van der Waals surface area contributed by atoms with Crippen LogP contribution in [0.25, 0.3) is 89.2 Å². The molecule has 6 aromatic carbocycles. The fourth-order valence-corrected chi connectivity index (χ4v) is 6.03. The Bertz CT molecular complexity index is 2500. The predicted molar refractivity (Wildman–Crippen MR) is 176 cm³/mol. The van der Waals surface area contributed by atoms with Crippen LogP contribution in [0.2, 0.25) is 0 Å². The lowest BCUT2D eigenvalue weighted by atomic mass is 10.0. The third kappa shape index (κ3) is 3.98. The molecule has 0 saturated heterocycles. The Morgan fingerprint density at radius 2 is 0.977 bits per heavy atom. The quantitative estimate of drug-likeness (QED) is 0.212. The van der Waals surface area contributed by atoms with Crippen LogP contribution in [0.5, 0.6) is 0 Å². The first-order valence-electron chi connectivity index (χ1n) is 14.5. The lowest BCUT2D eigenvalue weighted by Gasteiger charge is -2.09. The van der Waals surface area contributed by atoms with Crippen molar-refractivity contribution in [2.45, 2.75) is 0 Å². The zero-order chi connectivity index (χ0) is 29.0. The molecule has 3 heterocycles. The number of fused-ring (bicyclic) bond motifs is 6. The van der Waals surface area contributed by atoms with Crippen molar-refractivity contribution in [3.8, 4) is 45.3 Å². The monoisotopic (exact) mass is 565 g/mol. The summed E-state index contributed by atoms with van der Waals surface area (Å²) in [4.78, 5) is 15.0. The molecule has 0 radical (unpaired) electrons. The zero-order valence-electron chi connectivity index (χ0n) is 23.4. The van der Waals surface area contributed by atoms with Gasteiger partial charge < -0.3 is 8.83 Å². The molecule has 0 aliphatic rings. The van der Waals surface area contributed by atoms with E-state index < -0.39 is 0 Å². The smallest absolute Gasteiger partial charge is 0.164 e. The molecular weight excluding hydrogens is 542 g/mol. The topological polar surface area (TPSA) is 65.0 Å². The van der Waals surface area contributed by atoms with E-state index >= 15 is 0 Å². The molecule has 0 fully saturated rings. The number of hydrogen-bond donors (Lipinski definition) is 0. The van der Waals surface area contributed by atoms with Crippen LogP contribution in [0.4, 0.5) is 0 Å². The van der Waals surface area contributed by atoms with E-state index in [9.17, 15) is 0 Å². The third-order valence-corrected chi connectivity index (χ3v) is 8.15. The molecule has 9 rings (SSSR count). The molecule has 0 N–H and O–H groups in total. The summed E-state index contributed by atoms with van der Waals surface area (Å²) in [7, 11) is 0. The van der Waals surface area contributed by atoms with E-state index in [0.717, 1.165) is 66.1 Å². The van der Waals surface area contributed by atoms with Gasteiger partial charge in [-0.1, -0.05) is 103 Å². The van der Waals surface area contributed by atoms with Gasteiger partial charge in [-0.25, -0.2) is 15.0 Å². The summed E-state index contributed by atoms with van der Waals surface area (Å²) in [5.41, 5.74) is 8.25. The van der Waals surface area contributed by atoms with Gasteiger partial charge in [0.25, 0.3) is 0 Å². The van der Waals surface area contributed by atoms with Crippen molar-refractivity contribution in [3.05, 3.63) is 140 Å². The molecule has 0 atom stereocenters. The lowest BCUT2D eigenvalue weighted by Crippen LogP contribution is -2.00. The summed E-state index contributed by atoms with van der Waals surface area (Å²) < 4.78 is 12.5. The minimum absolute atomic E-state index is 0.575. The lowest BCUT2D eigenvalue weighted by molar-refractivity contribution is 0.668. The number of rotatable bonds is 4. The number of furan rings is 2. The summed E-state index contributed by atoms with van der Waals surface area (Å²) in [6, 6.07) is 47.0. The van der Waals surface area contributed by atoms with Crippen LogP contribution in [0, 0.1) is 0 Å². The second-order valence-electron chi connectivity index (χ2n) is 10.8. The summed E-state index contributed by atoms with van der Waals surface area (Å²) in [6.45, 7) is 0. The number of nitrogens with zero attached hydrogens (tertiary/aromatic N) is 3. The normalized spacial score (nSPS) is 11.6. The molecule has 5 nitrogen and oxygen atoms in total. The van der Waals surface area contributed by atoms with Crippen molar-refractivity contribution in [2.75, 3.05) is 0 Å². The van der Waals surface area contributed by atoms with Gasteiger partial charge in [0.15, 0.2) is 17.5 Å². The minimum atomic E-state index is 0.575. The standard InChI is InChI=1S/C39H23N3O2/c1-3-10-24(11-4-1)26-19-21-33-31(22-26)28-20-18-27(23-35(28)44-33)38-40-37(25-12-5-2-6-13-25)41-39(42-38)30-15-9-17-34-36(30)29-14-7-8-16-32(29)43-34/h1-23H. The third-order valence-electron chi connectivity index (χ3n) is 8.15. The summed E-state index contributed by atoms with van der Waals surface area (Å²) in [5.74, 6) is 1.77. The first-order chi connectivity index (χ1) is 21.8. The molecule has 0 unspecified atom stereocenters. The van der Waals surface area contributed by atoms with Gasteiger partial charge in [0.1, 0.15) is 22.3 Å². The maximum atomic E-state index is 6.35. The van der Waals surface area contributed by atoms with Crippen molar-refractivity contribution in [1.29, 1.82) is 0 Å². The van der Waals surface area contributed by atoms with Crippen molar-refractivity contribution in [1.82, 2.24) is 15.0 Å². The van der Waals surface area contributed by atoms with Gasteiger partial charge in [0.05, 0.1) is 0 Å². The van der Waals surface area contributed by atoms with Gasteiger partial charge in [-0.3, -0.25) is 0 Å². The maximum Gasteiger partial charge on any atom is 0.164 e. The minimum Gasteiger partial charge on any atom is -0.456 e. The maximum absolute atomic E-state index is 6.35.